The van der Waals surface area contributed by atoms with Crippen LogP contribution < -0.4 is 5.32 Å². The van der Waals surface area contributed by atoms with Crippen molar-refractivity contribution in [1.29, 1.82) is 0 Å². The summed E-state index contributed by atoms with van der Waals surface area (Å²) in [6.45, 7) is 1.82. The van der Waals surface area contributed by atoms with Crippen LogP contribution in [-0.4, -0.2) is 31.8 Å². The molecule has 4 rings (SSSR count). The molecule has 0 aliphatic carbocycles. The lowest BCUT2D eigenvalue weighted by Gasteiger charge is -2.05. The molecular weight excluding hydrogens is 352 g/mol. The van der Waals surface area contributed by atoms with Crippen LogP contribution >= 0.6 is 11.3 Å². The summed E-state index contributed by atoms with van der Waals surface area (Å²) in [6.07, 6.45) is 0. The fourth-order valence-corrected chi connectivity index (χ4v) is 3.64. The molecule has 0 bridgehead atoms. The molecule has 9 heteroatoms. The molecule has 0 atom stereocenters. The van der Waals surface area contributed by atoms with Crippen LogP contribution in [0.1, 0.15) is 5.56 Å². The lowest BCUT2D eigenvalue weighted by Crippen LogP contribution is -1.97. The molecule has 0 saturated heterocycles. The molecule has 2 aromatic heterocycles. The number of aromatic nitrogens is 4. The van der Waals surface area contributed by atoms with Gasteiger partial charge in [0.05, 0.1) is 10.5 Å². The van der Waals surface area contributed by atoms with Gasteiger partial charge in [-0.15, -0.1) is 10.2 Å². The summed E-state index contributed by atoms with van der Waals surface area (Å²) in [5.74, 6) is 0.585. The second-order valence-corrected chi connectivity index (χ2v) is 6.65. The highest BCUT2D eigenvalue weighted by atomic mass is 32.1. The van der Waals surface area contributed by atoms with Gasteiger partial charge in [-0.3, -0.25) is 10.1 Å². The van der Waals surface area contributed by atoms with Gasteiger partial charge in [-0.1, -0.05) is 29.5 Å². The number of hydrogen-bond donors (Lipinski definition) is 1. The van der Waals surface area contributed by atoms with Crippen LogP contribution in [0.25, 0.3) is 26.9 Å². The number of rotatable bonds is 4. The minimum atomic E-state index is -0.387. The number of anilines is 1. The Hall–Kier alpha value is -3.33. The minimum Gasteiger partial charge on any atom is -0.388 e. The van der Waals surface area contributed by atoms with Crippen LogP contribution in [0.4, 0.5) is 11.4 Å². The van der Waals surface area contributed by atoms with Crippen LogP contribution in [0.3, 0.4) is 0 Å². The normalized spacial score (nSPS) is 11.0. The van der Waals surface area contributed by atoms with Crippen LogP contribution in [0.2, 0.25) is 0 Å². The van der Waals surface area contributed by atoms with Crippen LogP contribution in [0.5, 0.6) is 0 Å². The molecule has 0 unspecified atom stereocenters. The summed E-state index contributed by atoms with van der Waals surface area (Å²) in [6, 6.07) is 12.8. The van der Waals surface area contributed by atoms with E-state index < -0.39 is 0 Å². The standard InChI is InChI=1S/C17H14N6O2S/c1-10-7-8-12(14(9-10)23(24)25)16-21-22-15(19-20-17(22)26-16)11-5-3-4-6-13(11)18-2/h3-9,18H,1-2H3. The number of nitro groups is 1. The van der Waals surface area contributed by atoms with Gasteiger partial charge in [-0.25, -0.2) is 0 Å². The van der Waals surface area contributed by atoms with Gasteiger partial charge in [0.1, 0.15) is 0 Å². The highest BCUT2D eigenvalue weighted by Crippen LogP contribution is 2.35. The fourth-order valence-electron chi connectivity index (χ4n) is 2.76. The largest absolute Gasteiger partial charge is 0.388 e. The Kier molecular flexibility index (Phi) is 3.85. The summed E-state index contributed by atoms with van der Waals surface area (Å²) in [5, 5.41) is 28.0. The van der Waals surface area contributed by atoms with Crippen molar-refractivity contribution in [3.63, 3.8) is 0 Å². The number of aryl methyl sites for hydroxylation is 1. The Labute approximate surface area is 152 Å². The van der Waals surface area contributed by atoms with E-state index in [1.165, 1.54) is 11.3 Å². The first-order valence-corrected chi connectivity index (χ1v) is 8.65. The predicted octanol–water partition coefficient (Wildman–Crippen LogP) is 3.78. The zero-order valence-electron chi connectivity index (χ0n) is 14.0. The summed E-state index contributed by atoms with van der Waals surface area (Å²) in [4.78, 5) is 11.6. The van der Waals surface area contributed by atoms with E-state index in [0.29, 0.717) is 21.4 Å². The quantitative estimate of drug-likeness (QED) is 0.436. The average molecular weight is 366 g/mol. The van der Waals surface area contributed by atoms with Gasteiger partial charge >= 0.3 is 0 Å². The molecule has 0 amide bonds. The second kappa shape index (κ2) is 6.19. The summed E-state index contributed by atoms with van der Waals surface area (Å²) >= 11 is 1.27. The summed E-state index contributed by atoms with van der Waals surface area (Å²) in [7, 11) is 1.83. The van der Waals surface area contributed by atoms with Crippen molar-refractivity contribution < 1.29 is 4.92 Å². The Morgan fingerprint density at radius 1 is 1.15 bits per heavy atom. The molecule has 0 aliphatic rings. The number of fused-ring (bicyclic) bond motifs is 1. The fraction of sp³-hybridized carbons (Fsp3) is 0.118. The van der Waals surface area contributed by atoms with Crippen molar-refractivity contribution in [2.75, 3.05) is 12.4 Å². The first-order valence-electron chi connectivity index (χ1n) is 7.83. The van der Waals surface area contributed by atoms with E-state index in [1.54, 1.807) is 16.6 Å². The van der Waals surface area contributed by atoms with E-state index in [-0.39, 0.29) is 10.6 Å². The summed E-state index contributed by atoms with van der Waals surface area (Å²) < 4.78 is 1.62. The van der Waals surface area contributed by atoms with E-state index in [0.717, 1.165) is 16.8 Å². The topological polar surface area (TPSA) is 98.2 Å². The van der Waals surface area contributed by atoms with Crippen molar-refractivity contribution in [3.05, 3.63) is 58.1 Å². The van der Waals surface area contributed by atoms with E-state index in [9.17, 15) is 10.1 Å². The lowest BCUT2D eigenvalue weighted by molar-refractivity contribution is -0.384. The molecule has 1 N–H and O–H groups in total. The summed E-state index contributed by atoms with van der Waals surface area (Å²) in [5.41, 5.74) is 3.10. The predicted molar refractivity (Wildman–Crippen MR) is 100 cm³/mol. The molecule has 26 heavy (non-hydrogen) atoms. The maximum atomic E-state index is 11.4. The molecule has 130 valence electrons. The van der Waals surface area contributed by atoms with Gasteiger partial charge < -0.3 is 5.32 Å². The maximum absolute atomic E-state index is 11.4. The van der Waals surface area contributed by atoms with Crippen molar-refractivity contribution in [2.24, 2.45) is 0 Å². The molecule has 0 fully saturated rings. The van der Waals surface area contributed by atoms with E-state index in [4.69, 9.17) is 0 Å². The maximum Gasteiger partial charge on any atom is 0.279 e. The lowest BCUT2D eigenvalue weighted by atomic mass is 10.1. The van der Waals surface area contributed by atoms with Crippen molar-refractivity contribution in [3.8, 4) is 22.0 Å². The molecule has 0 spiro atoms. The van der Waals surface area contributed by atoms with E-state index in [2.05, 4.69) is 20.6 Å². The van der Waals surface area contributed by atoms with Gasteiger partial charge in [0.2, 0.25) is 4.96 Å². The Morgan fingerprint density at radius 3 is 2.73 bits per heavy atom. The minimum absolute atomic E-state index is 0.0344. The Bertz CT molecular complexity index is 1130. The van der Waals surface area contributed by atoms with Gasteiger partial charge in [0.15, 0.2) is 10.8 Å². The molecule has 0 radical (unpaired) electrons. The third kappa shape index (κ3) is 2.58. The Morgan fingerprint density at radius 2 is 1.96 bits per heavy atom. The number of nitrogens with one attached hydrogen (secondary N) is 1. The van der Waals surface area contributed by atoms with Crippen LogP contribution in [0.15, 0.2) is 42.5 Å². The first kappa shape index (κ1) is 16.2. The molecule has 0 saturated carbocycles. The molecule has 4 aromatic rings. The van der Waals surface area contributed by atoms with Gasteiger partial charge in [-0.05, 0) is 30.7 Å². The molecule has 2 heterocycles. The van der Waals surface area contributed by atoms with Crippen LogP contribution in [-0.2, 0) is 0 Å². The highest BCUT2D eigenvalue weighted by Gasteiger charge is 2.22. The van der Waals surface area contributed by atoms with E-state index in [1.807, 2.05) is 44.3 Å². The first-order chi connectivity index (χ1) is 12.6. The number of benzene rings is 2. The van der Waals surface area contributed by atoms with E-state index >= 15 is 0 Å². The van der Waals surface area contributed by atoms with Crippen molar-refractivity contribution in [2.45, 2.75) is 6.92 Å². The number of hydrogen-bond acceptors (Lipinski definition) is 7. The third-order valence-electron chi connectivity index (χ3n) is 4.01. The molecule has 2 aromatic carbocycles. The van der Waals surface area contributed by atoms with Gasteiger partial charge in [-0.2, -0.15) is 9.61 Å². The zero-order valence-corrected chi connectivity index (χ0v) is 14.8. The Balaban J connectivity index is 1.89. The zero-order chi connectivity index (χ0) is 18.3. The second-order valence-electron chi connectivity index (χ2n) is 5.70. The third-order valence-corrected chi connectivity index (χ3v) is 4.94. The SMILES string of the molecule is CNc1ccccc1-c1nnc2sc(-c3ccc(C)cc3[N+](=O)[O-])nn12. The van der Waals surface area contributed by atoms with Crippen molar-refractivity contribution in [1.82, 2.24) is 19.8 Å². The van der Waals surface area contributed by atoms with Crippen molar-refractivity contribution >= 4 is 27.7 Å². The smallest absolute Gasteiger partial charge is 0.279 e. The highest BCUT2D eigenvalue weighted by molar-refractivity contribution is 7.19. The molecule has 8 nitrogen and oxygen atoms in total. The monoisotopic (exact) mass is 366 g/mol. The average Bonchev–Trinajstić information content (AvgIpc) is 3.22. The van der Waals surface area contributed by atoms with Gasteiger partial charge in [0.25, 0.3) is 5.69 Å². The molecular formula is C17H14N6O2S. The van der Waals surface area contributed by atoms with Gasteiger partial charge in [0, 0.05) is 24.4 Å². The number of para-hydroxylation sites is 1. The number of nitro benzene ring substituents is 1. The van der Waals surface area contributed by atoms with Crippen LogP contribution in [0, 0.1) is 17.0 Å². The number of nitrogens with zero attached hydrogens (tertiary/aromatic N) is 5. The molecule has 0 aliphatic heterocycles.